The number of thiazole rings is 1. The van der Waals surface area contributed by atoms with E-state index in [1.54, 1.807) is 30.7 Å². The Morgan fingerprint density at radius 1 is 1.57 bits per heavy atom. The van der Waals surface area contributed by atoms with Crippen LogP contribution in [0.5, 0.6) is 0 Å². The van der Waals surface area contributed by atoms with E-state index >= 15 is 0 Å². The highest BCUT2D eigenvalue weighted by molar-refractivity contribution is 7.11. The first-order chi connectivity index (χ1) is 10.9. The maximum Gasteiger partial charge on any atom is 0.336 e. The Hall–Kier alpha value is -1.70. The summed E-state index contributed by atoms with van der Waals surface area (Å²) in [4.78, 5) is 19.1. The van der Waals surface area contributed by atoms with Crippen LogP contribution in [0.15, 0.2) is 17.8 Å². The summed E-state index contributed by atoms with van der Waals surface area (Å²) in [6.45, 7) is 4.68. The predicted molar refractivity (Wildman–Crippen MR) is 86.7 cm³/mol. The fourth-order valence-electron chi connectivity index (χ4n) is 3.05. The summed E-state index contributed by atoms with van der Waals surface area (Å²) >= 11 is 1.62. The molecular formula is C16H20N2O4S. The van der Waals surface area contributed by atoms with Crippen molar-refractivity contribution in [2.45, 2.75) is 39.0 Å². The lowest BCUT2D eigenvalue weighted by atomic mass is 9.90. The molecule has 0 spiro atoms. The minimum atomic E-state index is -1.12. The number of methoxy groups -OCH3 is 1. The van der Waals surface area contributed by atoms with Crippen molar-refractivity contribution < 1.29 is 19.7 Å². The van der Waals surface area contributed by atoms with E-state index in [4.69, 9.17) is 4.74 Å². The van der Waals surface area contributed by atoms with E-state index in [2.05, 4.69) is 18.8 Å². The monoisotopic (exact) mass is 336 g/mol. The van der Waals surface area contributed by atoms with Crippen LogP contribution in [-0.2, 0) is 22.6 Å². The first-order valence-electron chi connectivity index (χ1n) is 7.53. The van der Waals surface area contributed by atoms with Crippen molar-refractivity contribution in [3.63, 3.8) is 0 Å². The van der Waals surface area contributed by atoms with Crippen molar-refractivity contribution in [1.82, 2.24) is 9.88 Å². The fourth-order valence-corrected chi connectivity index (χ4v) is 4.15. The van der Waals surface area contributed by atoms with Crippen LogP contribution in [0.2, 0.25) is 0 Å². The van der Waals surface area contributed by atoms with Crippen molar-refractivity contribution in [3.8, 4) is 0 Å². The van der Waals surface area contributed by atoms with Gasteiger partial charge in [-0.05, 0) is 12.0 Å². The van der Waals surface area contributed by atoms with E-state index in [-0.39, 0.29) is 11.6 Å². The van der Waals surface area contributed by atoms with Gasteiger partial charge in [0.15, 0.2) is 0 Å². The minimum Gasteiger partial charge on any atom is -0.478 e. The number of carboxylic acid groups (broad SMARTS) is 1. The number of fused-ring (bicyclic) bond motifs is 3. The molecule has 0 saturated heterocycles. The molecule has 0 fully saturated rings. The minimum absolute atomic E-state index is 0.00445. The van der Waals surface area contributed by atoms with Gasteiger partial charge in [-0.1, -0.05) is 13.8 Å². The SMILES string of the molecule is COCc1nc2c(s1)CC(C(C)C)N1C=C(C(=O)O)C(O)C=C21. The third-order valence-electron chi connectivity index (χ3n) is 4.21. The van der Waals surface area contributed by atoms with Gasteiger partial charge in [-0.15, -0.1) is 11.3 Å². The van der Waals surface area contributed by atoms with Crippen LogP contribution in [0.25, 0.3) is 5.70 Å². The first-order valence-corrected chi connectivity index (χ1v) is 8.35. The van der Waals surface area contributed by atoms with E-state index in [0.717, 1.165) is 27.7 Å². The molecule has 0 aromatic carbocycles. The van der Waals surface area contributed by atoms with Gasteiger partial charge in [0.05, 0.1) is 17.9 Å². The molecule has 0 amide bonds. The van der Waals surface area contributed by atoms with Gasteiger partial charge in [0.25, 0.3) is 0 Å². The molecule has 2 aliphatic rings. The summed E-state index contributed by atoms with van der Waals surface area (Å²) in [5, 5.41) is 20.3. The van der Waals surface area contributed by atoms with E-state index in [9.17, 15) is 15.0 Å². The average molecular weight is 336 g/mol. The molecule has 7 heteroatoms. The molecule has 0 bridgehead atoms. The second-order valence-electron chi connectivity index (χ2n) is 6.12. The molecule has 2 unspecified atom stereocenters. The number of hydrogen-bond acceptors (Lipinski definition) is 6. The number of rotatable bonds is 4. The summed E-state index contributed by atoms with van der Waals surface area (Å²) in [7, 11) is 1.63. The molecule has 0 aliphatic carbocycles. The molecule has 1 aromatic heterocycles. The quantitative estimate of drug-likeness (QED) is 0.873. The molecule has 124 valence electrons. The van der Waals surface area contributed by atoms with Crippen molar-refractivity contribution in [1.29, 1.82) is 0 Å². The van der Waals surface area contributed by atoms with E-state index in [1.807, 2.05) is 4.90 Å². The van der Waals surface area contributed by atoms with Crippen LogP contribution in [0.4, 0.5) is 0 Å². The third-order valence-corrected chi connectivity index (χ3v) is 5.26. The zero-order chi connectivity index (χ0) is 16.7. The predicted octanol–water partition coefficient (Wildman–Crippen LogP) is 1.86. The Bertz CT molecular complexity index is 692. The molecule has 6 nitrogen and oxygen atoms in total. The average Bonchev–Trinajstić information content (AvgIpc) is 2.88. The van der Waals surface area contributed by atoms with Crippen molar-refractivity contribution in [3.05, 3.63) is 33.4 Å². The second kappa shape index (κ2) is 6.07. The van der Waals surface area contributed by atoms with E-state index in [1.165, 1.54) is 0 Å². The van der Waals surface area contributed by atoms with Crippen LogP contribution in [0.1, 0.15) is 29.4 Å². The van der Waals surface area contributed by atoms with Crippen molar-refractivity contribution >= 4 is 23.0 Å². The molecule has 2 N–H and O–H groups in total. The van der Waals surface area contributed by atoms with Gasteiger partial charge in [0.2, 0.25) is 0 Å². The number of aliphatic hydroxyl groups is 1. The number of ether oxygens (including phenoxy) is 1. The van der Waals surface area contributed by atoms with Crippen LogP contribution >= 0.6 is 11.3 Å². The highest BCUT2D eigenvalue weighted by Crippen LogP contribution is 2.40. The molecule has 2 aliphatic heterocycles. The van der Waals surface area contributed by atoms with Crippen LogP contribution < -0.4 is 0 Å². The van der Waals surface area contributed by atoms with Crippen LogP contribution in [-0.4, -0.2) is 45.3 Å². The zero-order valence-corrected chi connectivity index (χ0v) is 14.1. The lowest BCUT2D eigenvalue weighted by Crippen LogP contribution is -2.42. The Morgan fingerprint density at radius 2 is 2.30 bits per heavy atom. The standard InChI is InChI=1S/C16H20N2O4S/c1-8(2)10-5-13-15(17-14(23-13)7-22-3)11-4-12(19)9(16(20)21)6-18(10)11/h4,6,8,10,12,19H,5,7H2,1-3H3,(H,20,21). The maximum absolute atomic E-state index is 11.3. The number of aromatic nitrogens is 1. The zero-order valence-electron chi connectivity index (χ0n) is 13.3. The van der Waals surface area contributed by atoms with Gasteiger partial charge in [-0.3, -0.25) is 0 Å². The summed E-state index contributed by atoms with van der Waals surface area (Å²) in [6.07, 6.45) is 2.84. The smallest absolute Gasteiger partial charge is 0.336 e. The topological polar surface area (TPSA) is 82.9 Å². The summed E-state index contributed by atoms with van der Waals surface area (Å²) in [5.41, 5.74) is 1.62. The Labute approximate surface area is 138 Å². The molecule has 0 saturated carbocycles. The number of aliphatic carboxylic acids is 1. The van der Waals surface area contributed by atoms with Crippen LogP contribution in [0, 0.1) is 5.92 Å². The molecule has 23 heavy (non-hydrogen) atoms. The molecule has 3 heterocycles. The maximum atomic E-state index is 11.3. The van der Waals surface area contributed by atoms with Gasteiger partial charge < -0.3 is 19.8 Å². The Morgan fingerprint density at radius 3 is 2.91 bits per heavy atom. The second-order valence-corrected chi connectivity index (χ2v) is 7.29. The van der Waals surface area contributed by atoms with Gasteiger partial charge >= 0.3 is 5.97 Å². The number of aliphatic hydroxyl groups excluding tert-OH is 1. The number of carboxylic acids is 1. The largest absolute Gasteiger partial charge is 0.478 e. The van der Waals surface area contributed by atoms with Crippen LogP contribution in [0.3, 0.4) is 0 Å². The number of hydrogen-bond donors (Lipinski definition) is 2. The lowest BCUT2D eigenvalue weighted by Gasteiger charge is -2.41. The molecule has 1 aromatic rings. The summed E-state index contributed by atoms with van der Waals surface area (Å²) in [5.74, 6) is -0.763. The normalized spacial score (nSPS) is 23.3. The third kappa shape index (κ3) is 2.80. The van der Waals surface area contributed by atoms with Gasteiger partial charge in [0, 0.05) is 30.6 Å². The highest BCUT2D eigenvalue weighted by atomic mass is 32.1. The highest BCUT2D eigenvalue weighted by Gasteiger charge is 2.37. The Balaban J connectivity index is 2.08. The lowest BCUT2D eigenvalue weighted by molar-refractivity contribution is -0.133. The Kier molecular flexibility index (Phi) is 4.27. The summed E-state index contributed by atoms with van der Waals surface area (Å²) < 4.78 is 5.16. The molecule has 0 radical (unpaired) electrons. The molecule has 3 rings (SSSR count). The van der Waals surface area contributed by atoms with Crippen molar-refractivity contribution in [2.24, 2.45) is 5.92 Å². The van der Waals surface area contributed by atoms with Gasteiger partial charge in [-0.2, -0.15) is 0 Å². The number of nitrogens with zero attached hydrogens (tertiary/aromatic N) is 2. The molecule has 2 atom stereocenters. The summed E-state index contributed by atoms with van der Waals surface area (Å²) in [6, 6.07) is 0.145. The van der Waals surface area contributed by atoms with Gasteiger partial charge in [0.1, 0.15) is 16.8 Å². The van der Waals surface area contributed by atoms with E-state index in [0.29, 0.717) is 12.5 Å². The van der Waals surface area contributed by atoms with Crippen molar-refractivity contribution in [2.75, 3.05) is 7.11 Å². The van der Waals surface area contributed by atoms with Gasteiger partial charge in [-0.25, -0.2) is 9.78 Å². The molecular weight excluding hydrogens is 316 g/mol. The first kappa shape index (κ1) is 16.2. The van der Waals surface area contributed by atoms with E-state index < -0.39 is 12.1 Å². The fraction of sp³-hybridized carbons (Fsp3) is 0.500. The number of carbonyl (C=O) groups is 1.